The number of ketones is 1. The van der Waals surface area contributed by atoms with Crippen molar-refractivity contribution in [1.29, 1.82) is 0 Å². The molecule has 1 saturated heterocycles. The summed E-state index contributed by atoms with van der Waals surface area (Å²) in [4.78, 5) is 27.8. The first-order valence-corrected chi connectivity index (χ1v) is 10.4. The van der Waals surface area contributed by atoms with Gasteiger partial charge in [0.1, 0.15) is 29.1 Å². The topological polar surface area (TPSA) is 80.0 Å². The number of aliphatic hydroxyl groups is 1. The highest BCUT2D eigenvalue weighted by Gasteiger charge is 2.48. The minimum absolute atomic E-state index is 0.0634. The van der Waals surface area contributed by atoms with Crippen molar-refractivity contribution in [3.8, 4) is 5.75 Å². The summed E-state index contributed by atoms with van der Waals surface area (Å²) in [6.45, 7) is 5.55. The molecule has 0 radical (unpaired) electrons. The quantitative estimate of drug-likeness (QED) is 0.322. The van der Waals surface area contributed by atoms with E-state index in [1.165, 1.54) is 18.1 Å². The third-order valence-electron chi connectivity index (χ3n) is 5.52. The number of methoxy groups -OCH3 is 1. The number of carbonyl (C=O) groups excluding carboxylic acids is 2. The van der Waals surface area contributed by atoms with E-state index in [4.69, 9.17) is 20.8 Å². The fourth-order valence-corrected chi connectivity index (χ4v) is 4.16. The summed E-state index contributed by atoms with van der Waals surface area (Å²) in [6, 6.07) is 12.9. The lowest BCUT2D eigenvalue weighted by Crippen LogP contribution is -2.30. The number of halogens is 1. The molecule has 1 aliphatic heterocycles. The van der Waals surface area contributed by atoms with Crippen LogP contribution in [0.3, 0.4) is 0 Å². The molecule has 1 amide bonds. The Hall–Kier alpha value is -3.51. The standard InChI is InChI=1S/C25H22ClNO5/c1-13-5-6-14(2)18(11-13)27-22(20-9-7-15(3)32-20)21(24(29)25(27)30)23(28)16-8-10-19(31-4)17(26)12-16/h5-12,22,28H,1-4H3/b23-21-. The molecular weight excluding hydrogens is 430 g/mol. The molecule has 1 N–H and O–H groups in total. The lowest BCUT2D eigenvalue weighted by atomic mass is 9.98. The Morgan fingerprint density at radius 1 is 1.06 bits per heavy atom. The number of carbonyl (C=O) groups is 2. The number of aliphatic hydroxyl groups excluding tert-OH is 1. The number of aryl methyl sites for hydroxylation is 3. The maximum Gasteiger partial charge on any atom is 0.300 e. The molecule has 2 heterocycles. The molecule has 32 heavy (non-hydrogen) atoms. The van der Waals surface area contributed by atoms with Crippen molar-refractivity contribution in [3.63, 3.8) is 0 Å². The molecule has 164 valence electrons. The predicted octanol–water partition coefficient (Wildman–Crippen LogP) is 5.49. The predicted molar refractivity (Wildman–Crippen MR) is 122 cm³/mol. The second-order valence-corrected chi connectivity index (χ2v) is 8.16. The maximum absolute atomic E-state index is 13.2. The van der Waals surface area contributed by atoms with E-state index < -0.39 is 17.7 Å². The number of amides is 1. The van der Waals surface area contributed by atoms with Crippen molar-refractivity contribution in [3.05, 3.63) is 87.3 Å². The van der Waals surface area contributed by atoms with E-state index in [1.54, 1.807) is 31.2 Å². The number of benzene rings is 2. The first-order valence-electron chi connectivity index (χ1n) is 10.0. The van der Waals surface area contributed by atoms with E-state index in [0.29, 0.717) is 28.5 Å². The summed E-state index contributed by atoms with van der Waals surface area (Å²) in [7, 11) is 1.48. The highest BCUT2D eigenvalue weighted by atomic mass is 35.5. The van der Waals surface area contributed by atoms with Crippen molar-refractivity contribution >= 4 is 34.7 Å². The van der Waals surface area contributed by atoms with Crippen molar-refractivity contribution in [2.45, 2.75) is 26.8 Å². The summed E-state index contributed by atoms with van der Waals surface area (Å²) < 4.78 is 11.0. The molecule has 7 heteroatoms. The van der Waals surface area contributed by atoms with Crippen LogP contribution in [0, 0.1) is 20.8 Å². The van der Waals surface area contributed by atoms with Gasteiger partial charge in [0.15, 0.2) is 0 Å². The van der Waals surface area contributed by atoms with Crippen LogP contribution in [-0.2, 0) is 9.59 Å². The molecule has 4 rings (SSSR count). The molecule has 1 atom stereocenters. The van der Waals surface area contributed by atoms with Gasteiger partial charge < -0.3 is 14.3 Å². The van der Waals surface area contributed by atoms with Gasteiger partial charge in [-0.15, -0.1) is 0 Å². The van der Waals surface area contributed by atoms with Gasteiger partial charge in [0.2, 0.25) is 0 Å². The highest BCUT2D eigenvalue weighted by molar-refractivity contribution is 6.51. The van der Waals surface area contributed by atoms with Crippen LogP contribution in [0.15, 0.2) is 58.5 Å². The SMILES string of the molecule is COc1ccc(/C(O)=C2/C(=O)C(=O)N(c3cc(C)ccc3C)C2c2ccc(C)o2)cc1Cl. The molecule has 2 aromatic carbocycles. The van der Waals surface area contributed by atoms with Crippen molar-refractivity contribution in [2.75, 3.05) is 12.0 Å². The third-order valence-corrected chi connectivity index (χ3v) is 5.82. The van der Waals surface area contributed by atoms with Crippen LogP contribution in [0.2, 0.25) is 5.02 Å². The largest absolute Gasteiger partial charge is 0.507 e. The van der Waals surface area contributed by atoms with Crippen molar-refractivity contribution < 1.29 is 23.8 Å². The van der Waals surface area contributed by atoms with E-state index in [0.717, 1.165) is 11.1 Å². The average molecular weight is 452 g/mol. The fourth-order valence-electron chi connectivity index (χ4n) is 3.90. The Balaban J connectivity index is 1.96. The Bertz CT molecular complexity index is 1270. The van der Waals surface area contributed by atoms with E-state index in [9.17, 15) is 14.7 Å². The zero-order valence-corrected chi connectivity index (χ0v) is 18.9. The Labute approximate surface area is 190 Å². The van der Waals surface area contributed by atoms with E-state index in [1.807, 2.05) is 32.0 Å². The van der Waals surface area contributed by atoms with Crippen LogP contribution in [-0.4, -0.2) is 23.9 Å². The minimum Gasteiger partial charge on any atom is -0.507 e. The lowest BCUT2D eigenvalue weighted by molar-refractivity contribution is -0.132. The molecule has 1 aliphatic rings. The van der Waals surface area contributed by atoms with Crippen LogP contribution in [0.5, 0.6) is 5.75 Å². The monoisotopic (exact) mass is 451 g/mol. The number of ether oxygens (including phenoxy) is 1. The normalized spacial score (nSPS) is 17.8. The van der Waals surface area contributed by atoms with Gasteiger partial charge in [0.25, 0.3) is 11.7 Å². The van der Waals surface area contributed by atoms with Gasteiger partial charge in [-0.1, -0.05) is 23.7 Å². The molecule has 0 spiro atoms. The van der Waals surface area contributed by atoms with Crippen LogP contribution in [0.4, 0.5) is 5.69 Å². The summed E-state index contributed by atoms with van der Waals surface area (Å²) in [5.41, 5.74) is 2.56. The van der Waals surface area contributed by atoms with Gasteiger partial charge in [-0.2, -0.15) is 0 Å². The fraction of sp³-hybridized carbons (Fsp3) is 0.200. The van der Waals surface area contributed by atoms with Crippen LogP contribution in [0.1, 0.15) is 34.3 Å². The first-order chi connectivity index (χ1) is 15.2. The molecular formula is C25H22ClNO5. The van der Waals surface area contributed by atoms with E-state index in [2.05, 4.69) is 0 Å². The van der Waals surface area contributed by atoms with Crippen molar-refractivity contribution in [2.24, 2.45) is 0 Å². The van der Waals surface area contributed by atoms with E-state index >= 15 is 0 Å². The molecule has 0 bridgehead atoms. The van der Waals surface area contributed by atoms with Gasteiger partial charge in [0.05, 0.1) is 17.7 Å². The number of furan rings is 1. The number of anilines is 1. The van der Waals surface area contributed by atoms with Gasteiger partial charge >= 0.3 is 0 Å². The summed E-state index contributed by atoms with van der Waals surface area (Å²) in [6.07, 6.45) is 0. The second kappa shape index (κ2) is 8.20. The van der Waals surface area contributed by atoms with Crippen LogP contribution < -0.4 is 9.64 Å². The smallest absolute Gasteiger partial charge is 0.300 e. The molecule has 1 aromatic heterocycles. The number of hydrogen-bond acceptors (Lipinski definition) is 5. The second-order valence-electron chi connectivity index (χ2n) is 7.76. The Morgan fingerprint density at radius 3 is 2.44 bits per heavy atom. The third kappa shape index (κ3) is 3.56. The average Bonchev–Trinajstić information content (AvgIpc) is 3.30. The number of nitrogens with zero attached hydrogens (tertiary/aromatic N) is 1. The zero-order valence-electron chi connectivity index (χ0n) is 18.1. The molecule has 3 aromatic rings. The summed E-state index contributed by atoms with van der Waals surface area (Å²) in [5, 5.41) is 11.4. The molecule has 1 unspecified atom stereocenters. The molecule has 0 saturated carbocycles. The lowest BCUT2D eigenvalue weighted by Gasteiger charge is -2.25. The number of Topliss-reactive ketones (excluding diaryl/α,β-unsaturated/α-hetero) is 1. The Morgan fingerprint density at radius 2 is 1.81 bits per heavy atom. The van der Waals surface area contributed by atoms with E-state index in [-0.39, 0.29) is 16.4 Å². The first kappa shape index (κ1) is 21.7. The zero-order chi connectivity index (χ0) is 23.2. The summed E-state index contributed by atoms with van der Waals surface area (Å²) >= 11 is 6.23. The highest BCUT2D eigenvalue weighted by Crippen LogP contribution is 2.44. The molecule has 6 nitrogen and oxygen atoms in total. The van der Waals surface area contributed by atoms with Crippen LogP contribution in [0.25, 0.3) is 5.76 Å². The molecule has 1 fully saturated rings. The van der Waals surface area contributed by atoms with Gasteiger partial charge in [0, 0.05) is 11.3 Å². The van der Waals surface area contributed by atoms with Crippen LogP contribution >= 0.6 is 11.6 Å². The number of rotatable bonds is 4. The van der Waals surface area contributed by atoms with Gasteiger partial charge in [-0.25, -0.2) is 0 Å². The Kier molecular flexibility index (Phi) is 5.57. The maximum atomic E-state index is 13.2. The molecule has 0 aliphatic carbocycles. The number of hydrogen-bond donors (Lipinski definition) is 1. The van der Waals surface area contributed by atoms with Crippen molar-refractivity contribution in [1.82, 2.24) is 0 Å². The van der Waals surface area contributed by atoms with Gasteiger partial charge in [-0.05, 0) is 68.3 Å². The minimum atomic E-state index is -0.926. The summed E-state index contributed by atoms with van der Waals surface area (Å²) in [5.74, 6) is -0.437. The van der Waals surface area contributed by atoms with Gasteiger partial charge in [-0.3, -0.25) is 14.5 Å².